The molecule has 5 nitrogen and oxygen atoms in total. The van der Waals surface area contributed by atoms with E-state index in [0.29, 0.717) is 18.6 Å². The number of amides is 2. The van der Waals surface area contributed by atoms with E-state index in [-0.39, 0.29) is 23.7 Å². The second-order valence-corrected chi connectivity index (χ2v) is 8.70. The standard InChI is InChI=1S/C24H40N2O3/c1-6-8-9-10-11-12-21(27)25-26-22(28)14-13-19-16-18(3)23(29)20(17-19)24(4,5)15-7-2/h16-17,29H,6-15H2,1-5H3,(H,25,27)(H,26,28). The number of rotatable bonds is 12. The van der Waals surface area contributed by atoms with Crippen LogP contribution < -0.4 is 10.9 Å². The number of unbranched alkanes of at least 4 members (excludes halogenated alkanes) is 4. The molecule has 1 aromatic rings. The lowest BCUT2D eigenvalue weighted by molar-refractivity contribution is -0.128. The summed E-state index contributed by atoms with van der Waals surface area (Å²) < 4.78 is 0. The van der Waals surface area contributed by atoms with Crippen LogP contribution in [0.15, 0.2) is 12.1 Å². The van der Waals surface area contributed by atoms with Crippen LogP contribution in [0.1, 0.15) is 102 Å². The summed E-state index contributed by atoms with van der Waals surface area (Å²) in [4.78, 5) is 23.9. The minimum atomic E-state index is -0.204. The Morgan fingerprint density at radius 3 is 2.17 bits per heavy atom. The first kappa shape index (κ1) is 25.0. The highest BCUT2D eigenvalue weighted by Crippen LogP contribution is 2.37. The van der Waals surface area contributed by atoms with Crippen molar-refractivity contribution in [3.05, 3.63) is 28.8 Å². The third kappa shape index (κ3) is 8.88. The number of benzene rings is 1. The number of phenolic OH excluding ortho intramolecular Hbond substituents is 1. The molecule has 29 heavy (non-hydrogen) atoms. The van der Waals surface area contributed by atoms with Crippen molar-refractivity contribution in [1.29, 1.82) is 0 Å². The summed E-state index contributed by atoms with van der Waals surface area (Å²) in [5.74, 6) is 0.00575. The van der Waals surface area contributed by atoms with Crippen molar-refractivity contribution >= 4 is 11.8 Å². The summed E-state index contributed by atoms with van der Waals surface area (Å²) >= 11 is 0. The number of hydrogen-bond donors (Lipinski definition) is 3. The molecule has 0 aliphatic rings. The summed E-state index contributed by atoms with van der Waals surface area (Å²) in [6, 6.07) is 3.95. The lowest BCUT2D eigenvalue weighted by Crippen LogP contribution is -2.41. The summed E-state index contributed by atoms with van der Waals surface area (Å²) in [5.41, 5.74) is 7.69. The zero-order valence-electron chi connectivity index (χ0n) is 19.0. The molecule has 0 fully saturated rings. The molecule has 0 aromatic heterocycles. The molecule has 0 aliphatic carbocycles. The smallest absolute Gasteiger partial charge is 0.238 e. The van der Waals surface area contributed by atoms with Crippen LogP contribution in [-0.2, 0) is 21.4 Å². The van der Waals surface area contributed by atoms with Gasteiger partial charge in [0.25, 0.3) is 0 Å². The molecule has 3 N–H and O–H groups in total. The molecule has 0 atom stereocenters. The van der Waals surface area contributed by atoms with Gasteiger partial charge in [-0.1, -0.05) is 71.9 Å². The molecule has 0 aliphatic heterocycles. The number of carbonyl (C=O) groups excluding carboxylic acids is 2. The van der Waals surface area contributed by atoms with Crippen molar-refractivity contribution in [3.8, 4) is 5.75 Å². The van der Waals surface area contributed by atoms with Gasteiger partial charge in [-0.05, 0) is 42.7 Å². The normalized spacial score (nSPS) is 11.3. The molecule has 0 spiro atoms. The summed E-state index contributed by atoms with van der Waals surface area (Å²) in [6.07, 6.45) is 8.74. The maximum absolute atomic E-state index is 12.1. The maximum Gasteiger partial charge on any atom is 0.238 e. The maximum atomic E-state index is 12.1. The predicted molar refractivity (Wildman–Crippen MR) is 119 cm³/mol. The second-order valence-electron chi connectivity index (χ2n) is 8.70. The number of hydrogen-bond acceptors (Lipinski definition) is 3. The number of aryl methyl sites for hydroxylation is 2. The highest BCUT2D eigenvalue weighted by atomic mass is 16.3. The fraction of sp³-hybridized carbons (Fsp3) is 0.667. The number of aromatic hydroxyl groups is 1. The van der Waals surface area contributed by atoms with E-state index >= 15 is 0 Å². The number of carbonyl (C=O) groups is 2. The van der Waals surface area contributed by atoms with Gasteiger partial charge in [0.05, 0.1) is 0 Å². The van der Waals surface area contributed by atoms with E-state index in [1.54, 1.807) is 0 Å². The average molecular weight is 405 g/mol. The molecule has 0 saturated heterocycles. The van der Waals surface area contributed by atoms with Gasteiger partial charge in [0.1, 0.15) is 5.75 Å². The quantitative estimate of drug-likeness (QED) is 0.330. The molecule has 0 radical (unpaired) electrons. The topological polar surface area (TPSA) is 78.4 Å². The highest BCUT2D eigenvalue weighted by Gasteiger charge is 2.24. The first-order chi connectivity index (χ1) is 13.7. The van der Waals surface area contributed by atoms with Gasteiger partial charge >= 0.3 is 0 Å². The van der Waals surface area contributed by atoms with Crippen LogP contribution in [0.25, 0.3) is 0 Å². The van der Waals surface area contributed by atoms with Crippen LogP contribution in [0.2, 0.25) is 0 Å². The molecular formula is C24H40N2O3. The molecule has 5 heteroatoms. The predicted octanol–water partition coefficient (Wildman–Crippen LogP) is 5.22. The van der Waals surface area contributed by atoms with Gasteiger partial charge in [0.15, 0.2) is 0 Å². The third-order valence-corrected chi connectivity index (χ3v) is 5.45. The van der Waals surface area contributed by atoms with Gasteiger partial charge in [0.2, 0.25) is 11.8 Å². The third-order valence-electron chi connectivity index (χ3n) is 5.45. The highest BCUT2D eigenvalue weighted by molar-refractivity contribution is 5.82. The molecule has 0 heterocycles. The Labute approximate surface area is 176 Å². The van der Waals surface area contributed by atoms with Crippen LogP contribution in [0, 0.1) is 6.92 Å². The lowest BCUT2D eigenvalue weighted by atomic mass is 9.78. The number of phenols is 1. The average Bonchev–Trinajstić information content (AvgIpc) is 2.66. The number of nitrogens with one attached hydrogen (secondary N) is 2. The Balaban J connectivity index is 2.51. The van der Waals surface area contributed by atoms with E-state index in [1.165, 1.54) is 12.8 Å². The van der Waals surface area contributed by atoms with E-state index < -0.39 is 0 Å². The minimum absolute atomic E-state index is 0.118. The zero-order chi connectivity index (χ0) is 21.9. The first-order valence-electron chi connectivity index (χ1n) is 11.1. The molecule has 0 unspecified atom stereocenters. The second kappa shape index (κ2) is 12.5. The van der Waals surface area contributed by atoms with Gasteiger partial charge < -0.3 is 5.11 Å². The Bertz CT molecular complexity index is 668. The number of hydrazine groups is 1. The van der Waals surface area contributed by atoms with Crippen LogP contribution >= 0.6 is 0 Å². The van der Waals surface area contributed by atoms with Crippen molar-refractivity contribution in [2.75, 3.05) is 0 Å². The largest absolute Gasteiger partial charge is 0.507 e. The molecule has 1 aromatic carbocycles. The van der Waals surface area contributed by atoms with E-state index in [4.69, 9.17) is 0 Å². The zero-order valence-corrected chi connectivity index (χ0v) is 19.0. The monoisotopic (exact) mass is 404 g/mol. The van der Waals surface area contributed by atoms with E-state index in [9.17, 15) is 14.7 Å². The Morgan fingerprint density at radius 1 is 0.931 bits per heavy atom. The molecule has 1 rings (SSSR count). The summed E-state index contributed by atoms with van der Waals surface area (Å²) in [6.45, 7) is 10.5. The van der Waals surface area contributed by atoms with Gasteiger partial charge in [-0.15, -0.1) is 0 Å². The van der Waals surface area contributed by atoms with Gasteiger partial charge in [0, 0.05) is 18.4 Å². The molecule has 0 bridgehead atoms. The van der Waals surface area contributed by atoms with E-state index in [0.717, 1.165) is 48.8 Å². The van der Waals surface area contributed by atoms with Crippen molar-refractivity contribution in [3.63, 3.8) is 0 Å². The summed E-state index contributed by atoms with van der Waals surface area (Å²) in [7, 11) is 0. The van der Waals surface area contributed by atoms with Gasteiger partial charge in [-0.3, -0.25) is 20.4 Å². The van der Waals surface area contributed by atoms with Crippen molar-refractivity contribution < 1.29 is 14.7 Å². The van der Waals surface area contributed by atoms with Crippen LogP contribution in [0.5, 0.6) is 5.75 Å². The lowest BCUT2D eigenvalue weighted by Gasteiger charge is -2.27. The molecule has 164 valence electrons. The van der Waals surface area contributed by atoms with E-state index in [1.807, 2.05) is 19.1 Å². The summed E-state index contributed by atoms with van der Waals surface area (Å²) in [5, 5.41) is 10.5. The van der Waals surface area contributed by atoms with Gasteiger partial charge in [-0.25, -0.2) is 0 Å². The van der Waals surface area contributed by atoms with E-state index in [2.05, 4.69) is 38.5 Å². The fourth-order valence-electron chi connectivity index (χ4n) is 3.69. The Hall–Kier alpha value is -2.04. The molecular weight excluding hydrogens is 364 g/mol. The Morgan fingerprint density at radius 2 is 1.55 bits per heavy atom. The van der Waals surface area contributed by atoms with Crippen molar-refractivity contribution in [1.82, 2.24) is 10.9 Å². The van der Waals surface area contributed by atoms with Crippen molar-refractivity contribution in [2.45, 2.75) is 104 Å². The van der Waals surface area contributed by atoms with Crippen LogP contribution in [0.3, 0.4) is 0 Å². The Kier molecular flexibility index (Phi) is 10.8. The fourth-order valence-corrected chi connectivity index (χ4v) is 3.69. The molecule has 0 saturated carbocycles. The van der Waals surface area contributed by atoms with Gasteiger partial charge in [-0.2, -0.15) is 0 Å². The SMILES string of the molecule is CCCCCCCC(=O)NNC(=O)CCc1cc(C)c(O)c(C(C)(C)CCC)c1. The van der Waals surface area contributed by atoms with Crippen LogP contribution in [-0.4, -0.2) is 16.9 Å². The van der Waals surface area contributed by atoms with Crippen LogP contribution in [0.4, 0.5) is 0 Å². The van der Waals surface area contributed by atoms with Crippen molar-refractivity contribution in [2.24, 2.45) is 0 Å². The molecule has 2 amide bonds. The first-order valence-corrected chi connectivity index (χ1v) is 11.1. The minimum Gasteiger partial charge on any atom is -0.507 e.